The summed E-state index contributed by atoms with van der Waals surface area (Å²) in [5.41, 5.74) is 7.68. The van der Waals surface area contributed by atoms with Gasteiger partial charge in [0.1, 0.15) is 0 Å². The zero-order valence-corrected chi connectivity index (χ0v) is 20.3. The van der Waals surface area contributed by atoms with Crippen LogP contribution in [0.1, 0.15) is 36.0 Å². The van der Waals surface area contributed by atoms with E-state index in [1.165, 1.54) is 4.90 Å². The molecule has 186 valence electrons. The molecular weight excluding hydrogens is 450 g/mol. The third-order valence-corrected chi connectivity index (χ3v) is 6.59. The van der Waals surface area contributed by atoms with Crippen LogP contribution in [0, 0.1) is 5.41 Å². The van der Waals surface area contributed by atoms with Gasteiger partial charge in [-0.3, -0.25) is 19.9 Å². The minimum Gasteiger partial charge on any atom is -0.355 e. The molecule has 1 aliphatic heterocycles. The van der Waals surface area contributed by atoms with Gasteiger partial charge < -0.3 is 16.4 Å². The van der Waals surface area contributed by atoms with Crippen molar-refractivity contribution in [2.24, 2.45) is 5.73 Å². The second kappa shape index (κ2) is 11.6. The fourth-order valence-electron chi connectivity index (χ4n) is 4.59. The average Bonchev–Trinajstić information content (AvgIpc) is 3.18. The van der Waals surface area contributed by atoms with Crippen LogP contribution in [-0.2, 0) is 21.5 Å². The van der Waals surface area contributed by atoms with Gasteiger partial charge in [0.2, 0.25) is 5.91 Å². The smallest absolute Gasteiger partial charge is 0.264 e. The third kappa shape index (κ3) is 5.47. The largest absolute Gasteiger partial charge is 0.355 e. The Morgan fingerprint density at radius 1 is 0.917 bits per heavy atom. The van der Waals surface area contributed by atoms with Crippen molar-refractivity contribution in [1.82, 2.24) is 15.5 Å². The van der Waals surface area contributed by atoms with E-state index in [1.54, 1.807) is 0 Å². The molecule has 7 heteroatoms. The van der Waals surface area contributed by atoms with Crippen LogP contribution in [0.2, 0.25) is 0 Å². The van der Waals surface area contributed by atoms with Gasteiger partial charge in [-0.1, -0.05) is 91.0 Å². The molecule has 1 saturated heterocycles. The number of hydrogen-bond acceptors (Lipinski definition) is 4. The molecule has 0 spiro atoms. The summed E-state index contributed by atoms with van der Waals surface area (Å²) < 4.78 is 0. The molecule has 0 aromatic heterocycles. The van der Waals surface area contributed by atoms with Gasteiger partial charge in [-0.15, -0.1) is 0 Å². The van der Waals surface area contributed by atoms with E-state index < -0.39 is 11.6 Å². The highest BCUT2D eigenvalue weighted by molar-refractivity contribution is 6.10. The third-order valence-electron chi connectivity index (χ3n) is 6.59. The molecule has 4 rings (SSSR count). The maximum Gasteiger partial charge on any atom is 0.264 e. The lowest BCUT2D eigenvalue weighted by Gasteiger charge is -2.28. The molecule has 0 aliphatic carbocycles. The topological polar surface area (TPSA) is 111 Å². The zero-order valence-electron chi connectivity index (χ0n) is 20.3. The van der Waals surface area contributed by atoms with Gasteiger partial charge >= 0.3 is 0 Å². The van der Waals surface area contributed by atoms with Gasteiger partial charge in [0, 0.05) is 13.1 Å². The Morgan fingerprint density at radius 3 is 2.06 bits per heavy atom. The lowest BCUT2D eigenvalue weighted by Crippen LogP contribution is -2.45. The Morgan fingerprint density at radius 2 is 1.47 bits per heavy atom. The number of hydrogen-bond donors (Lipinski definition) is 4. The lowest BCUT2D eigenvalue weighted by molar-refractivity contribution is -0.130. The maximum atomic E-state index is 13.7. The molecule has 0 saturated carbocycles. The summed E-state index contributed by atoms with van der Waals surface area (Å²) in [5, 5.41) is 14.6. The minimum absolute atomic E-state index is 0.0830. The molecule has 3 aromatic rings. The first kappa shape index (κ1) is 25.1. The standard InChI is InChI=1S/C29H33N5O2/c30-25(19-18-22-12-4-1-5-13-22)26(35)32-20-10-11-21-34-27(36)29(33-28(34)31,23-14-6-2-7-15-23)24-16-8-3-9-17-24/h1-9,12-17,25H,10-11,18-21,30H2,(H2,31,33)(H,32,35). The maximum absolute atomic E-state index is 13.7. The summed E-state index contributed by atoms with van der Waals surface area (Å²) in [6.45, 7) is 0.866. The summed E-state index contributed by atoms with van der Waals surface area (Å²) in [4.78, 5) is 27.6. The van der Waals surface area contributed by atoms with E-state index in [-0.39, 0.29) is 17.8 Å². The van der Waals surface area contributed by atoms with Crippen LogP contribution in [0.4, 0.5) is 0 Å². The van der Waals surface area contributed by atoms with Gasteiger partial charge in [0.15, 0.2) is 11.5 Å². The second-order valence-electron chi connectivity index (χ2n) is 9.04. The van der Waals surface area contributed by atoms with Gasteiger partial charge in [-0.2, -0.15) is 0 Å². The van der Waals surface area contributed by atoms with Crippen molar-refractivity contribution in [2.45, 2.75) is 37.3 Å². The first-order valence-electron chi connectivity index (χ1n) is 12.4. The number of carbonyl (C=O) groups is 2. The first-order chi connectivity index (χ1) is 17.5. The van der Waals surface area contributed by atoms with Crippen molar-refractivity contribution >= 4 is 17.8 Å². The molecule has 2 amide bonds. The van der Waals surface area contributed by atoms with Crippen molar-refractivity contribution in [3.63, 3.8) is 0 Å². The van der Waals surface area contributed by atoms with Crippen LogP contribution in [0.5, 0.6) is 0 Å². The highest BCUT2D eigenvalue weighted by Crippen LogP contribution is 2.35. The molecule has 7 nitrogen and oxygen atoms in total. The zero-order chi connectivity index (χ0) is 25.4. The Labute approximate surface area is 212 Å². The van der Waals surface area contributed by atoms with Crippen LogP contribution in [-0.4, -0.2) is 41.8 Å². The van der Waals surface area contributed by atoms with E-state index >= 15 is 0 Å². The molecule has 0 radical (unpaired) electrons. The molecule has 1 atom stereocenters. The van der Waals surface area contributed by atoms with Crippen molar-refractivity contribution in [1.29, 1.82) is 5.41 Å². The highest BCUT2D eigenvalue weighted by atomic mass is 16.2. The molecule has 1 unspecified atom stereocenters. The predicted octanol–water partition coefficient (Wildman–Crippen LogP) is 3.15. The van der Waals surface area contributed by atoms with Crippen LogP contribution in [0.15, 0.2) is 91.0 Å². The summed E-state index contributed by atoms with van der Waals surface area (Å²) in [5.74, 6) is -0.249. The number of aryl methyl sites for hydroxylation is 1. The molecule has 5 N–H and O–H groups in total. The van der Waals surface area contributed by atoms with Crippen molar-refractivity contribution in [2.75, 3.05) is 13.1 Å². The summed E-state index contributed by atoms with van der Waals surface area (Å²) in [7, 11) is 0. The van der Waals surface area contributed by atoms with Crippen LogP contribution in [0.3, 0.4) is 0 Å². The molecule has 36 heavy (non-hydrogen) atoms. The van der Waals surface area contributed by atoms with E-state index in [2.05, 4.69) is 10.6 Å². The number of benzene rings is 3. The molecule has 1 heterocycles. The fraction of sp³-hybridized carbons (Fsp3) is 0.276. The number of amides is 2. The summed E-state index contributed by atoms with van der Waals surface area (Å²) in [6.07, 6.45) is 2.67. The summed E-state index contributed by atoms with van der Waals surface area (Å²) in [6, 6.07) is 28.5. The number of nitrogens with two attached hydrogens (primary N) is 1. The van der Waals surface area contributed by atoms with Gasteiger partial charge in [0.05, 0.1) is 6.04 Å². The Balaban J connectivity index is 1.30. The Bertz CT molecular complexity index is 1130. The van der Waals surface area contributed by atoms with Crippen LogP contribution >= 0.6 is 0 Å². The molecule has 3 aromatic carbocycles. The number of carbonyl (C=O) groups excluding carboxylic acids is 2. The highest BCUT2D eigenvalue weighted by Gasteiger charge is 2.51. The SMILES string of the molecule is N=C1NC(c2ccccc2)(c2ccccc2)C(=O)N1CCCCNC(=O)C(N)CCc1ccccc1. The van der Waals surface area contributed by atoms with Crippen molar-refractivity contribution in [3.05, 3.63) is 108 Å². The normalized spacial score (nSPS) is 15.4. The van der Waals surface area contributed by atoms with Gasteiger partial charge in [-0.25, -0.2) is 0 Å². The quantitative estimate of drug-likeness (QED) is 0.314. The summed E-state index contributed by atoms with van der Waals surface area (Å²) >= 11 is 0. The molecule has 1 fully saturated rings. The number of guanidine groups is 1. The lowest BCUT2D eigenvalue weighted by atomic mass is 9.82. The van der Waals surface area contributed by atoms with E-state index in [9.17, 15) is 9.59 Å². The monoisotopic (exact) mass is 483 g/mol. The first-order valence-corrected chi connectivity index (χ1v) is 12.4. The fourth-order valence-corrected chi connectivity index (χ4v) is 4.59. The number of unbranched alkanes of at least 4 members (excludes halogenated alkanes) is 1. The predicted molar refractivity (Wildman–Crippen MR) is 141 cm³/mol. The number of nitrogens with zero attached hydrogens (tertiary/aromatic N) is 1. The van der Waals surface area contributed by atoms with E-state index in [1.807, 2.05) is 91.0 Å². The number of rotatable bonds is 11. The van der Waals surface area contributed by atoms with Crippen LogP contribution in [0.25, 0.3) is 0 Å². The van der Waals surface area contributed by atoms with E-state index in [0.717, 1.165) is 23.1 Å². The molecular formula is C29H33N5O2. The van der Waals surface area contributed by atoms with Crippen molar-refractivity contribution < 1.29 is 9.59 Å². The second-order valence-corrected chi connectivity index (χ2v) is 9.04. The van der Waals surface area contributed by atoms with Gasteiger partial charge in [-0.05, 0) is 42.4 Å². The van der Waals surface area contributed by atoms with Crippen molar-refractivity contribution in [3.8, 4) is 0 Å². The average molecular weight is 484 g/mol. The number of nitrogens with one attached hydrogen (secondary N) is 3. The molecule has 1 aliphatic rings. The molecule has 0 bridgehead atoms. The van der Waals surface area contributed by atoms with E-state index in [0.29, 0.717) is 32.4 Å². The Kier molecular flexibility index (Phi) is 8.13. The Hall–Kier alpha value is -3.97. The van der Waals surface area contributed by atoms with Crippen LogP contribution < -0.4 is 16.4 Å². The van der Waals surface area contributed by atoms with Gasteiger partial charge in [0.25, 0.3) is 5.91 Å². The van der Waals surface area contributed by atoms with E-state index in [4.69, 9.17) is 11.1 Å². The minimum atomic E-state index is -1.13.